The van der Waals surface area contributed by atoms with Gasteiger partial charge in [-0.3, -0.25) is 14.4 Å². The average molecular weight is 525 g/mol. The zero-order valence-electron chi connectivity index (χ0n) is 22.5. The second-order valence-electron chi connectivity index (χ2n) is 11.3. The zero-order valence-corrected chi connectivity index (χ0v) is 22.5. The van der Waals surface area contributed by atoms with E-state index in [1.54, 1.807) is 21.9 Å². The van der Waals surface area contributed by atoms with E-state index in [2.05, 4.69) is 15.5 Å². The topological polar surface area (TPSA) is 105 Å². The number of ketones is 1. The Bertz CT molecular complexity index is 1050. The van der Waals surface area contributed by atoms with Crippen LogP contribution in [0.5, 0.6) is 0 Å². The van der Waals surface area contributed by atoms with Crippen LogP contribution < -0.4 is 15.5 Å². The molecule has 3 unspecified atom stereocenters. The molecule has 38 heavy (non-hydrogen) atoms. The Morgan fingerprint density at radius 3 is 2.32 bits per heavy atom. The number of anilines is 1. The van der Waals surface area contributed by atoms with Gasteiger partial charge in [0.1, 0.15) is 12.1 Å². The fourth-order valence-electron chi connectivity index (χ4n) is 6.30. The fourth-order valence-corrected chi connectivity index (χ4v) is 6.30. The minimum Gasteiger partial charge on any atom is -0.369 e. The number of benzene rings is 1. The molecule has 2 N–H and O–H groups in total. The summed E-state index contributed by atoms with van der Waals surface area (Å²) in [6.45, 7) is 9.66. The van der Waals surface area contributed by atoms with Gasteiger partial charge in [-0.15, -0.1) is 0 Å². The summed E-state index contributed by atoms with van der Waals surface area (Å²) in [6, 6.07) is 5.78. The summed E-state index contributed by atoms with van der Waals surface area (Å²) in [5.41, 5.74) is 1.58. The summed E-state index contributed by atoms with van der Waals surface area (Å²) in [5.74, 6) is -0.451. The molecule has 1 aromatic rings. The number of carbonyl (C=O) groups excluding carboxylic acids is 4. The third kappa shape index (κ3) is 5.36. The smallest absolute Gasteiger partial charge is 0.320 e. The molecule has 0 spiro atoms. The number of nitrogens with one attached hydrogen (secondary N) is 2. The van der Waals surface area contributed by atoms with Gasteiger partial charge in [0.05, 0.1) is 12.6 Å². The summed E-state index contributed by atoms with van der Waals surface area (Å²) in [5, 5.41) is 6.30. The van der Waals surface area contributed by atoms with Gasteiger partial charge < -0.3 is 30.2 Å². The van der Waals surface area contributed by atoms with E-state index < -0.39 is 12.1 Å². The molecule has 4 aliphatic rings. The van der Waals surface area contributed by atoms with E-state index in [4.69, 9.17) is 0 Å². The third-order valence-corrected chi connectivity index (χ3v) is 8.25. The largest absolute Gasteiger partial charge is 0.369 e. The van der Waals surface area contributed by atoms with E-state index in [1.165, 1.54) is 0 Å². The standard InChI is InChI=1S/C28H40N6O4/c1-19(2)17-22(30-26(36)20-5-7-21(8-6-20)31-15-10-29-11-16-31)27(37)33-14-9-23-25(33)24(35)18-34(23)28(38)32-12-3-4-13-32/h5-8,19,22-23,25,29H,3-4,9-18H2,1-2H3,(H,30,36). The van der Waals surface area contributed by atoms with Gasteiger partial charge in [-0.25, -0.2) is 4.79 Å². The van der Waals surface area contributed by atoms with Crippen molar-refractivity contribution < 1.29 is 19.2 Å². The van der Waals surface area contributed by atoms with Crippen LogP contribution in [0.1, 0.15) is 49.9 Å². The molecule has 1 aromatic carbocycles. The van der Waals surface area contributed by atoms with Crippen LogP contribution >= 0.6 is 0 Å². The summed E-state index contributed by atoms with van der Waals surface area (Å²) < 4.78 is 0. The highest BCUT2D eigenvalue weighted by molar-refractivity contribution is 6.00. The van der Waals surface area contributed by atoms with Crippen LogP contribution in [0.4, 0.5) is 10.5 Å². The molecule has 0 aromatic heterocycles. The van der Waals surface area contributed by atoms with Gasteiger partial charge in [0.25, 0.3) is 5.91 Å². The second kappa shape index (κ2) is 11.3. The quantitative estimate of drug-likeness (QED) is 0.582. The Balaban J connectivity index is 1.26. The number of amides is 4. The molecular weight excluding hydrogens is 484 g/mol. The lowest BCUT2D eigenvalue weighted by atomic mass is 10.0. The van der Waals surface area contributed by atoms with E-state index in [9.17, 15) is 19.2 Å². The predicted octanol–water partition coefficient (Wildman–Crippen LogP) is 1.31. The number of hydrogen-bond acceptors (Lipinski definition) is 6. The van der Waals surface area contributed by atoms with E-state index in [0.717, 1.165) is 57.8 Å². The lowest BCUT2D eigenvalue weighted by molar-refractivity contribution is -0.138. The predicted molar refractivity (Wildman–Crippen MR) is 144 cm³/mol. The summed E-state index contributed by atoms with van der Waals surface area (Å²) in [6.07, 6.45) is 3.03. The maximum absolute atomic E-state index is 13.8. The van der Waals surface area contributed by atoms with Crippen molar-refractivity contribution in [3.63, 3.8) is 0 Å². The maximum atomic E-state index is 13.8. The molecule has 4 aliphatic heterocycles. The summed E-state index contributed by atoms with van der Waals surface area (Å²) in [7, 11) is 0. The number of Topliss-reactive ketones (excluding diaryl/α,β-unsaturated/α-hetero) is 1. The van der Waals surface area contributed by atoms with Gasteiger partial charge in [-0.05, 0) is 55.9 Å². The first-order chi connectivity index (χ1) is 18.3. The molecule has 4 amide bonds. The number of piperazine rings is 1. The van der Waals surface area contributed by atoms with Crippen LogP contribution in [0.15, 0.2) is 24.3 Å². The van der Waals surface area contributed by atoms with Crippen molar-refractivity contribution in [1.82, 2.24) is 25.3 Å². The fraction of sp³-hybridized carbons (Fsp3) is 0.643. The number of urea groups is 1. The van der Waals surface area contributed by atoms with E-state index in [-0.39, 0.29) is 42.1 Å². The maximum Gasteiger partial charge on any atom is 0.320 e. The first-order valence-corrected chi connectivity index (χ1v) is 14.1. The van der Waals surface area contributed by atoms with Crippen LogP contribution in [0.25, 0.3) is 0 Å². The van der Waals surface area contributed by atoms with Crippen molar-refractivity contribution in [2.45, 2.75) is 57.7 Å². The normalized spacial score (nSPS) is 24.2. The molecule has 0 aliphatic carbocycles. The zero-order chi connectivity index (χ0) is 26.8. The van der Waals surface area contributed by atoms with Crippen molar-refractivity contribution in [2.24, 2.45) is 5.92 Å². The Hall–Kier alpha value is -3.14. The van der Waals surface area contributed by atoms with Crippen LogP contribution in [-0.4, -0.2) is 109 Å². The van der Waals surface area contributed by atoms with Crippen molar-refractivity contribution in [3.05, 3.63) is 29.8 Å². The number of hydrogen-bond donors (Lipinski definition) is 2. The van der Waals surface area contributed by atoms with Gasteiger partial charge in [0.2, 0.25) is 5.91 Å². The van der Waals surface area contributed by atoms with Crippen LogP contribution in [-0.2, 0) is 9.59 Å². The minimum atomic E-state index is -0.731. The van der Waals surface area contributed by atoms with Crippen molar-refractivity contribution in [3.8, 4) is 0 Å². The Morgan fingerprint density at radius 2 is 1.66 bits per heavy atom. The summed E-state index contributed by atoms with van der Waals surface area (Å²) >= 11 is 0. The molecule has 0 bridgehead atoms. The molecule has 4 saturated heterocycles. The highest BCUT2D eigenvalue weighted by atomic mass is 16.2. The minimum absolute atomic E-state index is 0.0507. The molecule has 10 heteroatoms. The molecule has 0 saturated carbocycles. The van der Waals surface area contributed by atoms with E-state index >= 15 is 0 Å². The highest BCUT2D eigenvalue weighted by Gasteiger charge is 2.53. The van der Waals surface area contributed by atoms with Gasteiger partial charge in [-0.2, -0.15) is 0 Å². The van der Waals surface area contributed by atoms with Crippen molar-refractivity contribution in [2.75, 3.05) is 57.3 Å². The number of rotatable bonds is 6. The molecule has 3 atom stereocenters. The van der Waals surface area contributed by atoms with Crippen LogP contribution in [0.2, 0.25) is 0 Å². The van der Waals surface area contributed by atoms with E-state index in [1.807, 2.05) is 30.9 Å². The average Bonchev–Trinajstić information content (AvgIpc) is 3.67. The number of carbonyl (C=O) groups is 4. The molecule has 4 heterocycles. The van der Waals surface area contributed by atoms with Gasteiger partial charge in [0.15, 0.2) is 5.78 Å². The first-order valence-electron chi connectivity index (χ1n) is 14.1. The Morgan fingerprint density at radius 1 is 0.974 bits per heavy atom. The molecule has 10 nitrogen and oxygen atoms in total. The second-order valence-corrected chi connectivity index (χ2v) is 11.3. The lowest BCUT2D eigenvalue weighted by Crippen LogP contribution is -2.53. The highest BCUT2D eigenvalue weighted by Crippen LogP contribution is 2.32. The third-order valence-electron chi connectivity index (χ3n) is 8.25. The van der Waals surface area contributed by atoms with Crippen LogP contribution in [0, 0.1) is 5.92 Å². The number of likely N-dealkylation sites (tertiary alicyclic amines) is 3. The molecular formula is C28H40N6O4. The summed E-state index contributed by atoms with van der Waals surface area (Å²) in [4.78, 5) is 60.4. The molecule has 0 radical (unpaired) electrons. The monoisotopic (exact) mass is 524 g/mol. The van der Waals surface area contributed by atoms with Crippen molar-refractivity contribution >= 4 is 29.3 Å². The lowest BCUT2D eigenvalue weighted by Gasteiger charge is -2.30. The first kappa shape index (κ1) is 26.5. The SMILES string of the molecule is CC(C)CC(NC(=O)c1ccc(N2CCNCC2)cc1)C(=O)N1CCC2C1C(=O)CN2C(=O)N1CCCC1. The molecule has 4 fully saturated rings. The van der Waals surface area contributed by atoms with Gasteiger partial charge in [-0.1, -0.05) is 13.8 Å². The number of fused-ring (bicyclic) bond motifs is 1. The van der Waals surface area contributed by atoms with Crippen molar-refractivity contribution in [1.29, 1.82) is 0 Å². The molecule has 206 valence electrons. The van der Waals surface area contributed by atoms with Crippen LogP contribution in [0.3, 0.4) is 0 Å². The number of nitrogens with zero attached hydrogens (tertiary/aromatic N) is 4. The Kier molecular flexibility index (Phi) is 7.88. The van der Waals surface area contributed by atoms with Gasteiger partial charge >= 0.3 is 6.03 Å². The van der Waals surface area contributed by atoms with E-state index in [0.29, 0.717) is 24.9 Å². The Labute approximate surface area is 224 Å². The van der Waals surface area contributed by atoms with Gasteiger partial charge in [0, 0.05) is 57.1 Å². The molecule has 5 rings (SSSR count).